The number of carbonyl (C=O) groups excluding carboxylic acids is 1. The Labute approximate surface area is 159 Å². The van der Waals surface area contributed by atoms with E-state index in [4.69, 9.17) is 5.73 Å². The molecule has 1 aromatic heterocycles. The predicted molar refractivity (Wildman–Crippen MR) is 104 cm³/mol. The first-order valence-corrected chi connectivity index (χ1v) is 9.27. The van der Waals surface area contributed by atoms with Crippen LogP contribution in [-0.4, -0.2) is 21.1 Å². The lowest BCUT2D eigenvalue weighted by molar-refractivity contribution is -0.117. The number of halogens is 1. The molecule has 6 nitrogen and oxygen atoms in total. The molecule has 1 aromatic carbocycles. The molecule has 0 bridgehead atoms. The highest BCUT2D eigenvalue weighted by Gasteiger charge is 2.47. The lowest BCUT2D eigenvalue weighted by Gasteiger charge is -2.21. The Bertz CT molecular complexity index is 739. The van der Waals surface area contributed by atoms with E-state index in [9.17, 15) is 4.79 Å². The van der Waals surface area contributed by atoms with Crippen molar-refractivity contribution in [2.45, 2.75) is 45.1 Å². The average Bonchev–Trinajstić information content (AvgIpc) is 3.33. The maximum Gasteiger partial charge on any atom is 0.227 e. The van der Waals surface area contributed by atoms with Gasteiger partial charge in [0.05, 0.1) is 6.54 Å². The topological polar surface area (TPSA) is 96.7 Å². The van der Waals surface area contributed by atoms with Crippen LogP contribution in [0.25, 0.3) is 11.4 Å². The standard InChI is InChI=1S/C19H25N5O.ClH/c20-11-17-22-18(24-23-17)13-6-8-14(9-7-13)21-19(25)16-10-15(16)12-4-2-1-3-5-12;/h6-9,12,15-16H,1-5,10-11,20H2,(H,21,25)(H,22,23,24);1H. The number of rotatable bonds is 5. The molecule has 0 spiro atoms. The highest BCUT2D eigenvalue weighted by atomic mass is 35.5. The van der Waals surface area contributed by atoms with Gasteiger partial charge in [0.25, 0.3) is 0 Å². The van der Waals surface area contributed by atoms with Crippen LogP contribution in [0.2, 0.25) is 0 Å². The summed E-state index contributed by atoms with van der Waals surface area (Å²) in [7, 11) is 0. The Balaban J connectivity index is 0.00000196. The van der Waals surface area contributed by atoms with Gasteiger partial charge < -0.3 is 11.1 Å². The number of carbonyl (C=O) groups is 1. The Morgan fingerprint density at radius 3 is 2.58 bits per heavy atom. The van der Waals surface area contributed by atoms with Crippen LogP contribution < -0.4 is 11.1 Å². The smallest absolute Gasteiger partial charge is 0.227 e. The number of anilines is 1. The fourth-order valence-corrected chi connectivity index (χ4v) is 4.05. The van der Waals surface area contributed by atoms with Crippen LogP contribution in [0.1, 0.15) is 44.3 Å². The van der Waals surface area contributed by atoms with E-state index in [2.05, 4.69) is 20.5 Å². The van der Waals surface area contributed by atoms with E-state index >= 15 is 0 Å². The largest absolute Gasteiger partial charge is 0.326 e. The van der Waals surface area contributed by atoms with Gasteiger partial charge in [-0.3, -0.25) is 9.89 Å². The third kappa shape index (κ3) is 4.07. The molecule has 4 N–H and O–H groups in total. The molecule has 0 aliphatic heterocycles. The second-order valence-corrected chi connectivity index (χ2v) is 7.28. The van der Waals surface area contributed by atoms with Crippen LogP contribution in [0, 0.1) is 17.8 Å². The van der Waals surface area contributed by atoms with Crippen LogP contribution in [0.15, 0.2) is 24.3 Å². The van der Waals surface area contributed by atoms with Gasteiger partial charge in [0.15, 0.2) is 5.82 Å². The number of benzene rings is 1. The molecule has 2 fully saturated rings. The summed E-state index contributed by atoms with van der Waals surface area (Å²) < 4.78 is 0. The quantitative estimate of drug-likeness (QED) is 0.744. The van der Waals surface area contributed by atoms with Crippen molar-refractivity contribution in [3.63, 3.8) is 0 Å². The van der Waals surface area contributed by atoms with Crippen molar-refractivity contribution in [2.24, 2.45) is 23.5 Å². The Morgan fingerprint density at radius 1 is 1.19 bits per heavy atom. The molecule has 2 aliphatic carbocycles. The highest BCUT2D eigenvalue weighted by Crippen LogP contribution is 2.49. The monoisotopic (exact) mass is 375 g/mol. The summed E-state index contributed by atoms with van der Waals surface area (Å²) in [6.45, 7) is 0.338. The Hall–Kier alpha value is -1.92. The summed E-state index contributed by atoms with van der Waals surface area (Å²) in [4.78, 5) is 16.8. The zero-order chi connectivity index (χ0) is 17.2. The molecule has 7 heteroatoms. The minimum absolute atomic E-state index is 0. The van der Waals surface area contributed by atoms with Crippen molar-refractivity contribution in [1.29, 1.82) is 0 Å². The SMILES string of the molecule is Cl.NCc1nc(-c2ccc(NC(=O)C3CC3C3CCCCC3)cc2)n[nH]1. The molecule has 2 unspecified atom stereocenters. The van der Waals surface area contributed by atoms with Gasteiger partial charge in [0.2, 0.25) is 5.91 Å². The third-order valence-corrected chi connectivity index (χ3v) is 5.57. The lowest BCUT2D eigenvalue weighted by atomic mass is 9.85. The summed E-state index contributed by atoms with van der Waals surface area (Å²) in [5, 5.41) is 10.0. The number of hydrogen-bond donors (Lipinski definition) is 3. The minimum Gasteiger partial charge on any atom is -0.326 e. The molecule has 0 radical (unpaired) electrons. The van der Waals surface area contributed by atoms with Crippen LogP contribution in [-0.2, 0) is 11.3 Å². The van der Waals surface area contributed by atoms with Gasteiger partial charge in [-0.1, -0.05) is 32.1 Å². The number of H-pyrrole nitrogens is 1. The number of aromatic amines is 1. The normalized spacial score (nSPS) is 22.5. The molecule has 2 atom stereocenters. The van der Waals surface area contributed by atoms with Gasteiger partial charge in [0.1, 0.15) is 5.82 Å². The van der Waals surface area contributed by atoms with Gasteiger partial charge in [-0.25, -0.2) is 4.98 Å². The van der Waals surface area contributed by atoms with E-state index < -0.39 is 0 Å². The molecule has 2 saturated carbocycles. The summed E-state index contributed by atoms with van der Waals surface area (Å²) in [6, 6.07) is 7.66. The first kappa shape index (κ1) is 18.9. The zero-order valence-electron chi connectivity index (χ0n) is 14.8. The number of nitrogens with one attached hydrogen (secondary N) is 2. The van der Waals surface area contributed by atoms with Crippen molar-refractivity contribution >= 4 is 24.0 Å². The van der Waals surface area contributed by atoms with Crippen molar-refractivity contribution in [3.8, 4) is 11.4 Å². The number of aromatic nitrogens is 3. The molecular weight excluding hydrogens is 350 g/mol. The molecule has 2 aliphatic rings. The van der Waals surface area contributed by atoms with Crippen molar-refractivity contribution in [1.82, 2.24) is 15.2 Å². The molecule has 140 valence electrons. The molecule has 2 aromatic rings. The van der Waals surface area contributed by atoms with Crippen LogP contribution >= 0.6 is 12.4 Å². The maximum atomic E-state index is 12.5. The molecule has 1 heterocycles. The van der Waals surface area contributed by atoms with Gasteiger partial charge in [-0.05, 0) is 42.5 Å². The minimum atomic E-state index is 0. The van der Waals surface area contributed by atoms with Crippen molar-refractivity contribution in [2.75, 3.05) is 5.32 Å². The Morgan fingerprint density at radius 2 is 1.92 bits per heavy atom. The van der Waals surface area contributed by atoms with E-state index in [-0.39, 0.29) is 24.2 Å². The number of nitrogens with zero attached hydrogens (tertiary/aromatic N) is 2. The fourth-order valence-electron chi connectivity index (χ4n) is 4.05. The van der Waals surface area contributed by atoms with Crippen LogP contribution in [0.3, 0.4) is 0 Å². The molecule has 1 amide bonds. The van der Waals surface area contributed by atoms with Crippen LogP contribution in [0.4, 0.5) is 5.69 Å². The van der Waals surface area contributed by atoms with E-state index in [0.717, 1.165) is 23.6 Å². The predicted octanol–water partition coefficient (Wildman–Crippen LogP) is 3.51. The first-order valence-electron chi connectivity index (χ1n) is 9.27. The zero-order valence-corrected chi connectivity index (χ0v) is 15.6. The van der Waals surface area contributed by atoms with Gasteiger partial charge in [0, 0.05) is 17.2 Å². The maximum absolute atomic E-state index is 12.5. The second-order valence-electron chi connectivity index (χ2n) is 7.28. The highest BCUT2D eigenvalue weighted by molar-refractivity contribution is 5.94. The van der Waals surface area contributed by atoms with Crippen molar-refractivity contribution in [3.05, 3.63) is 30.1 Å². The summed E-state index contributed by atoms with van der Waals surface area (Å²) in [6.07, 6.45) is 7.72. The number of hydrogen-bond acceptors (Lipinski definition) is 4. The molecule has 26 heavy (non-hydrogen) atoms. The van der Waals surface area contributed by atoms with E-state index in [1.165, 1.54) is 32.1 Å². The number of nitrogens with two attached hydrogens (primary N) is 1. The van der Waals surface area contributed by atoms with Crippen LogP contribution in [0.5, 0.6) is 0 Å². The van der Waals surface area contributed by atoms with E-state index in [1.807, 2.05) is 24.3 Å². The molecule has 0 saturated heterocycles. The van der Waals surface area contributed by atoms with Gasteiger partial charge in [-0.2, -0.15) is 5.10 Å². The number of amides is 1. The van der Waals surface area contributed by atoms with Gasteiger partial charge in [-0.15, -0.1) is 12.4 Å². The summed E-state index contributed by atoms with van der Waals surface area (Å²) in [5.41, 5.74) is 7.27. The fraction of sp³-hybridized carbons (Fsp3) is 0.526. The first-order chi connectivity index (χ1) is 12.2. The summed E-state index contributed by atoms with van der Waals surface area (Å²) >= 11 is 0. The summed E-state index contributed by atoms with van der Waals surface area (Å²) in [5.74, 6) is 3.05. The van der Waals surface area contributed by atoms with E-state index in [1.54, 1.807) is 0 Å². The van der Waals surface area contributed by atoms with E-state index in [0.29, 0.717) is 24.1 Å². The van der Waals surface area contributed by atoms with Crippen molar-refractivity contribution < 1.29 is 4.79 Å². The third-order valence-electron chi connectivity index (χ3n) is 5.57. The average molecular weight is 376 g/mol. The molecular formula is C19H26ClN5O. The molecule has 4 rings (SSSR count). The van der Waals surface area contributed by atoms with Gasteiger partial charge >= 0.3 is 0 Å². The Kier molecular flexibility index (Phi) is 5.94. The lowest BCUT2D eigenvalue weighted by Crippen LogP contribution is -2.18. The second kappa shape index (κ2) is 8.18.